The van der Waals surface area contributed by atoms with Crippen LogP contribution in [0, 0.1) is 28.6 Å². The number of rotatable bonds is 2. The number of aliphatic hydroxyl groups excluding tert-OH is 1. The minimum Gasteiger partial charge on any atom is -0.431 e. The summed E-state index contributed by atoms with van der Waals surface area (Å²) in [6, 6.07) is 3.05. The van der Waals surface area contributed by atoms with Gasteiger partial charge >= 0.3 is 5.63 Å². The molecule has 0 bridgehead atoms. The fourth-order valence-corrected chi connectivity index (χ4v) is 8.13. The number of aliphatic hydroxyl groups is 2. The van der Waals surface area contributed by atoms with Crippen molar-refractivity contribution < 1.29 is 24.2 Å². The van der Waals surface area contributed by atoms with Crippen molar-refractivity contribution in [3.63, 3.8) is 0 Å². The fraction of sp³-hybridized carbons (Fsp3) is 0.708. The van der Waals surface area contributed by atoms with Crippen molar-refractivity contribution >= 4 is 12.1 Å². The molecular formula is C24H30O6. The van der Waals surface area contributed by atoms with Gasteiger partial charge in [0.15, 0.2) is 0 Å². The molecule has 5 rings (SSSR count). The van der Waals surface area contributed by atoms with Crippen molar-refractivity contribution in [3.8, 4) is 0 Å². The van der Waals surface area contributed by atoms with Gasteiger partial charge in [0.25, 0.3) is 0 Å². The van der Waals surface area contributed by atoms with Gasteiger partial charge in [0.05, 0.1) is 18.0 Å². The summed E-state index contributed by atoms with van der Waals surface area (Å²) < 4.78 is 5.07. The number of fused-ring (bicyclic) bond motifs is 5. The maximum absolute atomic E-state index is 12.5. The molecule has 162 valence electrons. The van der Waals surface area contributed by atoms with Gasteiger partial charge in [0.1, 0.15) is 12.1 Å². The summed E-state index contributed by atoms with van der Waals surface area (Å²) in [6.07, 6.45) is 6.56. The van der Waals surface area contributed by atoms with Crippen molar-refractivity contribution in [2.75, 3.05) is 0 Å². The van der Waals surface area contributed by atoms with Crippen molar-refractivity contribution in [2.45, 2.75) is 75.9 Å². The second-order valence-electron chi connectivity index (χ2n) is 10.5. The highest BCUT2D eigenvalue weighted by atomic mass is 16.4. The first kappa shape index (κ1) is 20.1. The highest BCUT2D eigenvalue weighted by molar-refractivity contribution is 5.82. The second kappa shape index (κ2) is 6.60. The Balaban J connectivity index is 1.54. The number of hydrogen-bond donors (Lipinski definition) is 2. The predicted octanol–water partition coefficient (Wildman–Crippen LogP) is 2.60. The van der Waals surface area contributed by atoms with E-state index in [1.807, 2.05) is 6.92 Å². The Kier molecular flexibility index (Phi) is 4.43. The van der Waals surface area contributed by atoms with Crippen LogP contribution in [0.5, 0.6) is 0 Å². The van der Waals surface area contributed by atoms with Gasteiger partial charge in [-0.25, -0.2) is 4.79 Å². The summed E-state index contributed by atoms with van der Waals surface area (Å²) in [4.78, 5) is 35.9. The molecule has 6 heteroatoms. The molecule has 4 saturated carbocycles. The number of carbonyl (C=O) groups excluding carboxylic acids is 2. The molecule has 4 aliphatic carbocycles. The summed E-state index contributed by atoms with van der Waals surface area (Å²) in [5.41, 5.74) is -1.90. The first-order valence-electron chi connectivity index (χ1n) is 11.2. The smallest absolute Gasteiger partial charge is 0.335 e. The maximum Gasteiger partial charge on any atom is 0.335 e. The van der Waals surface area contributed by atoms with Crippen LogP contribution in [0.25, 0.3) is 0 Å². The first-order valence-corrected chi connectivity index (χ1v) is 11.2. The van der Waals surface area contributed by atoms with E-state index in [2.05, 4.69) is 0 Å². The highest BCUT2D eigenvalue weighted by Crippen LogP contribution is 2.70. The molecule has 6 nitrogen and oxygen atoms in total. The molecule has 0 aromatic carbocycles. The van der Waals surface area contributed by atoms with Crippen LogP contribution in [0.2, 0.25) is 0 Å². The Morgan fingerprint density at radius 3 is 2.63 bits per heavy atom. The zero-order valence-corrected chi connectivity index (χ0v) is 17.4. The molecule has 0 aliphatic heterocycles. The molecule has 8 atom stereocenters. The van der Waals surface area contributed by atoms with Crippen LogP contribution in [0.4, 0.5) is 0 Å². The average molecular weight is 414 g/mol. The third-order valence-electron chi connectivity index (χ3n) is 9.54. The Hall–Kier alpha value is -1.79. The van der Waals surface area contributed by atoms with E-state index in [0.717, 1.165) is 31.1 Å². The third kappa shape index (κ3) is 2.46. The Bertz CT molecular complexity index is 917. The molecule has 30 heavy (non-hydrogen) atoms. The minimum atomic E-state index is -1.10. The lowest BCUT2D eigenvalue weighted by Gasteiger charge is -2.62. The first-order chi connectivity index (χ1) is 14.2. The van der Waals surface area contributed by atoms with Crippen molar-refractivity contribution in [1.29, 1.82) is 0 Å². The van der Waals surface area contributed by atoms with E-state index < -0.39 is 28.2 Å². The van der Waals surface area contributed by atoms with Gasteiger partial charge < -0.3 is 19.4 Å². The Morgan fingerprint density at radius 2 is 1.93 bits per heavy atom. The Labute approximate surface area is 175 Å². The molecule has 4 aliphatic rings. The van der Waals surface area contributed by atoms with Crippen LogP contribution in [-0.4, -0.2) is 34.0 Å². The van der Waals surface area contributed by atoms with E-state index in [0.29, 0.717) is 25.7 Å². The van der Waals surface area contributed by atoms with Crippen molar-refractivity contribution in [2.24, 2.45) is 28.6 Å². The molecule has 0 unspecified atom stereocenters. The molecule has 1 aromatic heterocycles. The topological polar surface area (TPSA) is 105 Å². The van der Waals surface area contributed by atoms with E-state index in [1.165, 1.54) is 12.3 Å². The van der Waals surface area contributed by atoms with Crippen LogP contribution in [0.15, 0.2) is 27.6 Å². The number of Topliss-reactive ketones (excluding diaryl/α,β-unsaturated/α-hetero) is 1. The SMILES string of the molecule is C[C@]12CC[C@@H]3[C@@H](CC[C@@H]4CC(=O)CC[C@@]43C=O)[C@@]1(O)C[C@H](O)[C@H]2c1ccc(=O)oc1. The summed E-state index contributed by atoms with van der Waals surface area (Å²) in [5, 5.41) is 23.2. The lowest BCUT2D eigenvalue weighted by molar-refractivity contribution is -0.200. The molecule has 0 radical (unpaired) electrons. The number of aldehydes is 1. The zero-order chi connectivity index (χ0) is 21.3. The zero-order valence-electron chi connectivity index (χ0n) is 17.4. The molecular weight excluding hydrogens is 384 g/mol. The van der Waals surface area contributed by atoms with Crippen LogP contribution in [0.1, 0.15) is 69.8 Å². The largest absolute Gasteiger partial charge is 0.431 e. The lowest BCUT2D eigenvalue weighted by atomic mass is 9.43. The van der Waals surface area contributed by atoms with E-state index in [9.17, 15) is 24.6 Å². The van der Waals surface area contributed by atoms with Crippen LogP contribution >= 0.6 is 0 Å². The van der Waals surface area contributed by atoms with Gasteiger partial charge in [0.2, 0.25) is 0 Å². The average Bonchev–Trinajstić information content (AvgIpc) is 2.93. The number of hydrogen-bond acceptors (Lipinski definition) is 6. The van der Waals surface area contributed by atoms with Crippen LogP contribution in [-0.2, 0) is 9.59 Å². The van der Waals surface area contributed by atoms with Crippen molar-refractivity contribution in [3.05, 3.63) is 34.4 Å². The molecule has 0 spiro atoms. The van der Waals surface area contributed by atoms with Gasteiger partial charge in [0, 0.05) is 42.1 Å². The van der Waals surface area contributed by atoms with Crippen molar-refractivity contribution in [1.82, 2.24) is 0 Å². The normalized spacial score (nSPS) is 47.8. The van der Waals surface area contributed by atoms with Crippen LogP contribution < -0.4 is 5.63 Å². The summed E-state index contributed by atoms with van der Waals surface area (Å²) in [5.74, 6) is -0.0420. The third-order valence-corrected chi connectivity index (χ3v) is 9.54. The minimum absolute atomic E-state index is 0.0413. The van der Waals surface area contributed by atoms with Gasteiger partial charge in [-0.1, -0.05) is 6.92 Å². The molecule has 2 N–H and O–H groups in total. The maximum atomic E-state index is 12.5. The standard InChI is InChI=1S/C24H30O6/c1-22-8-7-17-18(4-3-15-10-16(26)6-9-23(15,17)13-25)24(22,29)11-19(27)21(22)14-2-5-20(28)30-12-14/h2,5,12-13,15,17-19,21,27,29H,3-4,6-11H2,1H3/t15-,17-,18-,19+,21-,22-,23-,24+/m1/s1. The molecule has 0 amide bonds. The highest BCUT2D eigenvalue weighted by Gasteiger charge is 2.70. The molecule has 0 saturated heterocycles. The van der Waals surface area contributed by atoms with Gasteiger partial charge in [-0.2, -0.15) is 0 Å². The fourth-order valence-electron chi connectivity index (χ4n) is 8.13. The van der Waals surface area contributed by atoms with Gasteiger partial charge in [-0.05, 0) is 61.5 Å². The summed E-state index contributed by atoms with van der Waals surface area (Å²) in [7, 11) is 0. The summed E-state index contributed by atoms with van der Waals surface area (Å²) >= 11 is 0. The Morgan fingerprint density at radius 1 is 1.13 bits per heavy atom. The number of ketones is 1. The van der Waals surface area contributed by atoms with Gasteiger partial charge in [-0.15, -0.1) is 0 Å². The molecule has 1 aromatic rings. The van der Waals surface area contributed by atoms with E-state index >= 15 is 0 Å². The second-order valence-corrected chi connectivity index (χ2v) is 10.5. The van der Waals surface area contributed by atoms with Crippen LogP contribution in [0.3, 0.4) is 0 Å². The van der Waals surface area contributed by atoms with E-state index in [1.54, 1.807) is 6.07 Å². The van der Waals surface area contributed by atoms with E-state index in [4.69, 9.17) is 4.42 Å². The monoisotopic (exact) mass is 414 g/mol. The lowest BCUT2D eigenvalue weighted by Crippen LogP contribution is -2.62. The number of carbonyl (C=O) groups is 2. The molecule has 4 fully saturated rings. The quantitative estimate of drug-likeness (QED) is 0.721. The predicted molar refractivity (Wildman–Crippen MR) is 108 cm³/mol. The van der Waals surface area contributed by atoms with E-state index in [-0.39, 0.29) is 35.9 Å². The molecule has 1 heterocycles. The summed E-state index contributed by atoms with van der Waals surface area (Å²) in [6.45, 7) is 2.04. The van der Waals surface area contributed by atoms with Gasteiger partial charge in [-0.3, -0.25) is 4.79 Å².